The molecule has 0 spiro atoms. The van der Waals surface area contributed by atoms with E-state index in [9.17, 15) is 9.59 Å². The molecule has 1 heterocycles. The number of carboxylic acids is 1. The highest BCUT2D eigenvalue weighted by Crippen LogP contribution is 2.28. The summed E-state index contributed by atoms with van der Waals surface area (Å²) in [6.45, 7) is 0. The molecule has 1 aliphatic carbocycles. The summed E-state index contributed by atoms with van der Waals surface area (Å²) in [6.07, 6.45) is 4.73. The van der Waals surface area contributed by atoms with Gasteiger partial charge in [0.25, 0.3) is 0 Å². The maximum Gasteiger partial charge on any atom is 0.304 e. The van der Waals surface area contributed by atoms with Gasteiger partial charge in [0.05, 0.1) is 6.42 Å². The Hall–Kier alpha value is -1.36. The number of nitrogens with one attached hydrogen (secondary N) is 1. The fourth-order valence-corrected chi connectivity index (χ4v) is 3.42. The molecule has 4 nitrogen and oxygen atoms in total. The molecule has 1 aromatic heterocycles. The van der Waals surface area contributed by atoms with Gasteiger partial charge in [-0.25, -0.2) is 0 Å². The standard InChI is InChI=1S/C14H19NO3S/c16-13(15-11-4-1-2-5-11)8-10(9-14(17)18)12-6-3-7-19-12/h3,6-7,10-11H,1-2,4-5,8-9H2,(H,15,16)(H,17,18)/t10-/m0/s1. The lowest BCUT2D eigenvalue weighted by Crippen LogP contribution is -2.33. The Morgan fingerprint density at radius 1 is 1.37 bits per heavy atom. The Kier molecular flexibility index (Phi) is 4.96. The molecular formula is C14H19NO3S. The van der Waals surface area contributed by atoms with Crippen LogP contribution in [0.25, 0.3) is 0 Å². The highest BCUT2D eigenvalue weighted by atomic mass is 32.1. The molecule has 5 heteroatoms. The summed E-state index contributed by atoms with van der Waals surface area (Å²) >= 11 is 1.51. The van der Waals surface area contributed by atoms with Gasteiger partial charge >= 0.3 is 5.97 Å². The molecular weight excluding hydrogens is 262 g/mol. The minimum absolute atomic E-state index is 0.0125. The van der Waals surface area contributed by atoms with Crippen LogP contribution in [-0.2, 0) is 9.59 Å². The molecule has 2 N–H and O–H groups in total. The Morgan fingerprint density at radius 2 is 2.11 bits per heavy atom. The third kappa shape index (κ3) is 4.35. The zero-order chi connectivity index (χ0) is 13.7. The molecule has 0 saturated heterocycles. The lowest BCUT2D eigenvalue weighted by atomic mass is 9.99. The highest BCUT2D eigenvalue weighted by Gasteiger charge is 2.23. The number of carbonyl (C=O) groups excluding carboxylic acids is 1. The van der Waals surface area contributed by atoms with E-state index in [2.05, 4.69) is 5.32 Å². The summed E-state index contributed by atoms with van der Waals surface area (Å²) in [5.41, 5.74) is 0. The molecule has 2 rings (SSSR count). The number of carboxylic acid groups (broad SMARTS) is 1. The third-order valence-corrected chi connectivity index (χ3v) is 4.55. The van der Waals surface area contributed by atoms with Crippen LogP contribution in [0.2, 0.25) is 0 Å². The molecule has 0 aliphatic heterocycles. The number of amides is 1. The number of carbonyl (C=O) groups is 2. The zero-order valence-corrected chi connectivity index (χ0v) is 11.6. The topological polar surface area (TPSA) is 66.4 Å². The van der Waals surface area contributed by atoms with Crippen LogP contribution < -0.4 is 5.32 Å². The normalized spacial score (nSPS) is 17.3. The lowest BCUT2D eigenvalue weighted by Gasteiger charge is -2.16. The molecule has 1 saturated carbocycles. The van der Waals surface area contributed by atoms with Crippen molar-refractivity contribution < 1.29 is 14.7 Å². The van der Waals surface area contributed by atoms with E-state index < -0.39 is 5.97 Å². The Labute approximate surface area is 116 Å². The van der Waals surface area contributed by atoms with Crippen molar-refractivity contribution in [2.45, 2.75) is 50.5 Å². The maximum absolute atomic E-state index is 12.0. The van der Waals surface area contributed by atoms with E-state index >= 15 is 0 Å². The first-order valence-corrected chi connectivity index (χ1v) is 7.57. The molecule has 0 bridgehead atoms. The minimum atomic E-state index is -0.855. The average molecular weight is 281 g/mol. The molecule has 0 unspecified atom stereocenters. The van der Waals surface area contributed by atoms with Crippen LogP contribution in [0.3, 0.4) is 0 Å². The van der Waals surface area contributed by atoms with Gasteiger partial charge in [-0.05, 0) is 24.3 Å². The average Bonchev–Trinajstić information content (AvgIpc) is 2.99. The number of aliphatic carboxylic acids is 1. The van der Waals surface area contributed by atoms with Crippen LogP contribution >= 0.6 is 11.3 Å². The van der Waals surface area contributed by atoms with E-state index in [4.69, 9.17) is 5.11 Å². The Balaban J connectivity index is 1.91. The fraction of sp³-hybridized carbons (Fsp3) is 0.571. The van der Waals surface area contributed by atoms with Crippen molar-refractivity contribution in [3.63, 3.8) is 0 Å². The molecule has 1 amide bonds. The number of rotatable bonds is 6. The van der Waals surface area contributed by atoms with Gasteiger partial charge < -0.3 is 10.4 Å². The summed E-state index contributed by atoms with van der Waals surface area (Å²) in [5.74, 6) is -1.09. The molecule has 1 aliphatic rings. The molecule has 1 aromatic rings. The van der Waals surface area contributed by atoms with E-state index in [1.165, 1.54) is 24.2 Å². The third-order valence-electron chi connectivity index (χ3n) is 3.52. The monoisotopic (exact) mass is 281 g/mol. The maximum atomic E-state index is 12.0. The van der Waals surface area contributed by atoms with Crippen molar-refractivity contribution in [1.82, 2.24) is 5.32 Å². The highest BCUT2D eigenvalue weighted by molar-refractivity contribution is 7.10. The number of thiophene rings is 1. The van der Waals surface area contributed by atoms with Crippen LogP contribution in [0.1, 0.15) is 49.3 Å². The molecule has 1 atom stereocenters. The lowest BCUT2D eigenvalue weighted by molar-refractivity contribution is -0.137. The number of hydrogen-bond acceptors (Lipinski definition) is 3. The quantitative estimate of drug-likeness (QED) is 0.842. The van der Waals surface area contributed by atoms with E-state index in [0.717, 1.165) is 17.7 Å². The second-order valence-electron chi connectivity index (χ2n) is 5.06. The van der Waals surface area contributed by atoms with Crippen LogP contribution in [0.5, 0.6) is 0 Å². The van der Waals surface area contributed by atoms with E-state index in [1.807, 2.05) is 17.5 Å². The van der Waals surface area contributed by atoms with E-state index in [-0.39, 0.29) is 24.7 Å². The summed E-state index contributed by atoms with van der Waals surface area (Å²) in [5, 5.41) is 13.9. The van der Waals surface area contributed by atoms with Crippen molar-refractivity contribution in [3.8, 4) is 0 Å². The summed E-state index contributed by atoms with van der Waals surface area (Å²) < 4.78 is 0. The summed E-state index contributed by atoms with van der Waals surface area (Å²) in [7, 11) is 0. The van der Waals surface area contributed by atoms with Gasteiger partial charge in [-0.3, -0.25) is 9.59 Å². The Morgan fingerprint density at radius 3 is 2.68 bits per heavy atom. The predicted molar refractivity (Wildman–Crippen MR) is 74.3 cm³/mol. The van der Waals surface area contributed by atoms with Gasteiger partial charge in [-0.15, -0.1) is 11.3 Å². The van der Waals surface area contributed by atoms with E-state index in [1.54, 1.807) is 0 Å². The number of hydrogen-bond donors (Lipinski definition) is 2. The smallest absolute Gasteiger partial charge is 0.304 e. The van der Waals surface area contributed by atoms with Gasteiger partial charge in [-0.2, -0.15) is 0 Å². The fourth-order valence-electron chi connectivity index (χ4n) is 2.59. The van der Waals surface area contributed by atoms with Gasteiger partial charge in [0.15, 0.2) is 0 Å². The van der Waals surface area contributed by atoms with Crippen LogP contribution in [0.15, 0.2) is 17.5 Å². The van der Waals surface area contributed by atoms with Crippen molar-refractivity contribution in [1.29, 1.82) is 0 Å². The van der Waals surface area contributed by atoms with Gasteiger partial charge in [0, 0.05) is 23.3 Å². The van der Waals surface area contributed by atoms with Crippen molar-refractivity contribution in [3.05, 3.63) is 22.4 Å². The first kappa shape index (κ1) is 14.1. The van der Waals surface area contributed by atoms with Gasteiger partial charge in [0.2, 0.25) is 5.91 Å². The second kappa shape index (κ2) is 6.70. The first-order chi connectivity index (χ1) is 9.15. The van der Waals surface area contributed by atoms with Gasteiger partial charge in [-0.1, -0.05) is 18.9 Å². The molecule has 104 valence electrons. The zero-order valence-electron chi connectivity index (χ0n) is 10.8. The SMILES string of the molecule is O=C(O)C[C@H](CC(=O)NC1CCCC1)c1cccs1. The van der Waals surface area contributed by atoms with E-state index in [0.29, 0.717) is 6.04 Å². The summed E-state index contributed by atoms with van der Waals surface area (Å²) in [4.78, 5) is 23.9. The van der Waals surface area contributed by atoms with Crippen LogP contribution in [0, 0.1) is 0 Å². The van der Waals surface area contributed by atoms with Crippen LogP contribution in [0.4, 0.5) is 0 Å². The van der Waals surface area contributed by atoms with Crippen molar-refractivity contribution >= 4 is 23.2 Å². The van der Waals surface area contributed by atoms with Crippen LogP contribution in [-0.4, -0.2) is 23.0 Å². The first-order valence-electron chi connectivity index (χ1n) is 6.69. The second-order valence-corrected chi connectivity index (χ2v) is 6.04. The van der Waals surface area contributed by atoms with Crippen molar-refractivity contribution in [2.75, 3.05) is 0 Å². The summed E-state index contributed by atoms with van der Waals surface area (Å²) in [6, 6.07) is 4.09. The van der Waals surface area contributed by atoms with Gasteiger partial charge in [0.1, 0.15) is 0 Å². The molecule has 1 fully saturated rings. The largest absolute Gasteiger partial charge is 0.481 e. The molecule has 0 radical (unpaired) electrons. The molecule has 0 aromatic carbocycles. The predicted octanol–water partition coefficient (Wildman–Crippen LogP) is 2.76. The Bertz CT molecular complexity index is 424. The molecule has 19 heavy (non-hydrogen) atoms. The minimum Gasteiger partial charge on any atom is -0.481 e. The van der Waals surface area contributed by atoms with Crippen molar-refractivity contribution in [2.24, 2.45) is 0 Å².